The van der Waals surface area contributed by atoms with Crippen LogP contribution in [0.15, 0.2) is 42.7 Å². The Morgan fingerprint density at radius 2 is 1.93 bits per heavy atom. The Kier molecular flexibility index (Phi) is 4.37. The SMILES string of the molecule is C=C(OCc1ccccc1)C(C)N(C)C. The lowest BCUT2D eigenvalue weighted by atomic mass is 10.2. The zero-order chi connectivity index (χ0) is 11.3. The van der Waals surface area contributed by atoms with Crippen LogP contribution in [0.25, 0.3) is 0 Å². The maximum absolute atomic E-state index is 5.62. The quantitative estimate of drug-likeness (QED) is 0.685. The molecular formula is C13H19NO. The minimum absolute atomic E-state index is 0.244. The van der Waals surface area contributed by atoms with E-state index in [1.807, 2.05) is 44.4 Å². The monoisotopic (exact) mass is 205 g/mol. The lowest BCUT2D eigenvalue weighted by Gasteiger charge is -2.22. The Hall–Kier alpha value is -1.28. The topological polar surface area (TPSA) is 12.5 Å². The van der Waals surface area contributed by atoms with E-state index in [4.69, 9.17) is 4.74 Å². The molecule has 0 saturated carbocycles. The molecule has 0 aliphatic carbocycles. The fourth-order valence-electron chi connectivity index (χ4n) is 1.16. The van der Waals surface area contributed by atoms with Crippen LogP contribution in [0.2, 0.25) is 0 Å². The first-order valence-electron chi connectivity index (χ1n) is 5.13. The summed E-state index contributed by atoms with van der Waals surface area (Å²) in [5.74, 6) is 0.809. The van der Waals surface area contributed by atoms with Gasteiger partial charge in [-0.2, -0.15) is 0 Å². The minimum atomic E-state index is 0.244. The van der Waals surface area contributed by atoms with Crippen molar-refractivity contribution in [1.29, 1.82) is 0 Å². The van der Waals surface area contributed by atoms with Crippen LogP contribution in [-0.4, -0.2) is 25.0 Å². The Labute approximate surface area is 92.2 Å². The highest BCUT2D eigenvalue weighted by Gasteiger charge is 2.09. The molecule has 1 aromatic rings. The summed E-state index contributed by atoms with van der Waals surface area (Å²) in [7, 11) is 4.03. The second kappa shape index (κ2) is 5.56. The molecule has 0 bridgehead atoms. The van der Waals surface area contributed by atoms with E-state index in [1.165, 1.54) is 5.56 Å². The number of nitrogens with zero attached hydrogens (tertiary/aromatic N) is 1. The molecule has 1 unspecified atom stereocenters. The van der Waals surface area contributed by atoms with E-state index in [2.05, 4.69) is 18.4 Å². The van der Waals surface area contributed by atoms with Crippen molar-refractivity contribution in [3.8, 4) is 0 Å². The summed E-state index contributed by atoms with van der Waals surface area (Å²) in [5.41, 5.74) is 1.17. The van der Waals surface area contributed by atoms with Crippen LogP contribution in [0.1, 0.15) is 12.5 Å². The average molecular weight is 205 g/mol. The number of hydrogen-bond donors (Lipinski definition) is 0. The highest BCUT2D eigenvalue weighted by molar-refractivity contribution is 5.14. The molecule has 0 heterocycles. The van der Waals surface area contributed by atoms with E-state index in [9.17, 15) is 0 Å². The number of ether oxygens (including phenoxy) is 1. The first-order valence-corrected chi connectivity index (χ1v) is 5.13. The third-order valence-electron chi connectivity index (χ3n) is 2.51. The molecule has 0 amide bonds. The highest BCUT2D eigenvalue weighted by Crippen LogP contribution is 2.10. The van der Waals surface area contributed by atoms with Gasteiger partial charge in [0, 0.05) is 0 Å². The molecule has 15 heavy (non-hydrogen) atoms. The van der Waals surface area contributed by atoms with E-state index in [1.54, 1.807) is 0 Å². The van der Waals surface area contributed by atoms with E-state index >= 15 is 0 Å². The van der Waals surface area contributed by atoms with Crippen molar-refractivity contribution in [2.45, 2.75) is 19.6 Å². The standard InChI is InChI=1S/C13H19NO/c1-11(14(3)4)12(2)15-10-13-8-6-5-7-9-13/h5-9,11H,2,10H2,1,3-4H3. The second-order valence-electron chi connectivity index (χ2n) is 3.88. The summed E-state index contributed by atoms with van der Waals surface area (Å²) in [5, 5.41) is 0. The molecule has 0 spiro atoms. The van der Waals surface area contributed by atoms with Gasteiger partial charge >= 0.3 is 0 Å². The highest BCUT2D eigenvalue weighted by atomic mass is 16.5. The van der Waals surface area contributed by atoms with Gasteiger partial charge < -0.3 is 4.74 Å². The molecule has 0 aliphatic rings. The zero-order valence-corrected chi connectivity index (χ0v) is 9.73. The first kappa shape index (κ1) is 11.8. The third kappa shape index (κ3) is 3.76. The molecule has 0 aliphatic heterocycles. The normalized spacial score (nSPS) is 12.5. The Bertz CT molecular complexity index is 306. The summed E-state index contributed by atoms with van der Waals surface area (Å²) in [6.45, 7) is 6.60. The average Bonchev–Trinajstić information content (AvgIpc) is 2.26. The summed E-state index contributed by atoms with van der Waals surface area (Å²) < 4.78 is 5.62. The molecule has 0 radical (unpaired) electrons. The van der Waals surface area contributed by atoms with Crippen molar-refractivity contribution in [3.05, 3.63) is 48.2 Å². The van der Waals surface area contributed by atoms with Crippen molar-refractivity contribution < 1.29 is 4.74 Å². The van der Waals surface area contributed by atoms with Crippen LogP contribution in [-0.2, 0) is 11.3 Å². The van der Waals surface area contributed by atoms with Gasteiger partial charge in [-0.05, 0) is 26.6 Å². The van der Waals surface area contributed by atoms with Crippen LogP contribution in [0, 0.1) is 0 Å². The van der Waals surface area contributed by atoms with E-state index < -0.39 is 0 Å². The second-order valence-corrected chi connectivity index (χ2v) is 3.88. The van der Waals surface area contributed by atoms with Gasteiger partial charge in [0.05, 0.1) is 6.04 Å². The van der Waals surface area contributed by atoms with Crippen molar-refractivity contribution in [1.82, 2.24) is 4.90 Å². The fraction of sp³-hybridized carbons (Fsp3) is 0.385. The Balaban J connectivity index is 2.41. The molecule has 0 saturated heterocycles. The van der Waals surface area contributed by atoms with Gasteiger partial charge in [-0.15, -0.1) is 0 Å². The summed E-state index contributed by atoms with van der Waals surface area (Å²) in [6, 6.07) is 10.4. The van der Waals surface area contributed by atoms with E-state index in [-0.39, 0.29) is 6.04 Å². The first-order chi connectivity index (χ1) is 7.11. The van der Waals surface area contributed by atoms with Gasteiger partial charge in [0.1, 0.15) is 12.4 Å². The molecule has 0 fully saturated rings. The third-order valence-corrected chi connectivity index (χ3v) is 2.51. The van der Waals surface area contributed by atoms with Gasteiger partial charge in [0.25, 0.3) is 0 Å². The predicted octanol–water partition coefficient (Wildman–Crippen LogP) is 2.67. The maximum atomic E-state index is 5.62. The number of hydrogen-bond acceptors (Lipinski definition) is 2. The van der Waals surface area contributed by atoms with Crippen molar-refractivity contribution in [2.24, 2.45) is 0 Å². The lowest BCUT2D eigenvalue weighted by Crippen LogP contribution is -2.27. The summed E-state index contributed by atoms with van der Waals surface area (Å²) >= 11 is 0. The van der Waals surface area contributed by atoms with Crippen LogP contribution in [0.3, 0.4) is 0 Å². The lowest BCUT2D eigenvalue weighted by molar-refractivity contribution is 0.148. The number of rotatable bonds is 5. The van der Waals surface area contributed by atoms with Crippen molar-refractivity contribution in [3.63, 3.8) is 0 Å². The van der Waals surface area contributed by atoms with Gasteiger partial charge in [-0.3, -0.25) is 4.90 Å². The molecular weight excluding hydrogens is 186 g/mol. The van der Waals surface area contributed by atoms with Gasteiger partial charge in [-0.1, -0.05) is 36.9 Å². The fourth-order valence-corrected chi connectivity index (χ4v) is 1.16. The summed E-state index contributed by atoms with van der Waals surface area (Å²) in [4.78, 5) is 2.08. The van der Waals surface area contributed by atoms with Crippen molar-refractivity contribution in [2.75, 3.05) is 14.1 Å². The van der Waals surface area contributed by atoms with E-state index in [0.29, 0.717) is 6.61 Å². The Morgan fingerprint density at radius 3 is 2.47 bits per heavy atom. The smallest absolute Gasteiger partial charge is 0.113 e. The van der Waals surface area contributed by atoms with Gasteiger partial charge in [-0.25, -0.2) is 0 Å². The molecule has 1 atom stereocenters. The number of likely N-dealkylation sites (N-methyl/N-ethyl adjacent to an activating group) is 1. The molecule has 2 heteroatoms. The largest absolute Gasteiger partial charge is 0.492 e. The molecule has 1 rings (SSSR count). The Morgan fingerprint density at radius 1 is 1.33 bits per heavy atom. The molecule has 82 valence electrons. The van der Waals surface area contributed by atoms with Crippen LogP contribution in [0.4, 0.5) is 0 Å². The molecule has 2 nitrogen and oxygen atoms in total. The molecule has 1 aromatic carbocycles. The number of benzene rings is 1. The van der Waals surface area contributed by atoms with Crippen LogP contribution in [0.5, 0.6) is 0 Å². The molecule has 0 N–H and O–H groups in total. The van der Waals surface area contributed by atoms with Gasteiger partial charge in [0.2, 0.25) is 0 Å². The van der Waals surface area contributed by atoms with Crippen LogP contribution >= 0.6 is 0 Å². The molecule has 0 aromatic heterocycles. The zero-order valence-electron chi connectivity index (χ0n) is 9.73. The van der Waals surface area contributed by atoms with Crippen molar-refractivity contribution >= 4 is 0 Å². The minimum Gasteiger partial charge on any atom is -0.492 e. The van der Waals surface area contributed by atoms with Gasteiger partial charge in [0.15, 0.2) is 0 Å². The maximum Gasteiger partial charge on any atom is 0.113 e. The van der Waals surface area contributed by atoms with E-state index in [0.717, 1.165) is 5.76 Å². The predicted molar refractivity (Wildman–Crippen MR) is 63.5 cm³/mol. The summed E-state index contributed by atoms with van der Waals surface area (Å²) in [6.07, 6.45) is 0. The van der Waals surface area contributed by atoms with Crippen LogP contribution < -0.4 is 0 Å².